The molecule has 0 N–H and O–H groups in total. The van der Waals surface area contributed by atoms with Gasteiger partial charge in [0.25, 0.3) is 0 Å². The zero-order chi connectivity index (χ0) is 16.8. The van der Waals surface area contributed by atoms with E-state index in [4.69, 9.17) is 21.1 Å². The molecule has 1 aromatic heterocycles. The lowest BCUT2D eigenvalue weighted by Crippen LogP contribution is -1.95. The van der Waals surface area contributed by atoms with E-state index in [-0.39, 0.29) is 5.15 Å². The summed E-state index contributed by atoms with van der Waals surface area (Å²) in [6.45, 7) is 1.95. The summed E-state index contributed by atoms with van der Waals surface area (Å²) >= 11 is 5.91. The fourth-order valence-electron chi connectivity index (χ4n) is 2.03. The minimum atomic E-state index is 0.202. The zero-order valence-corrected chi connectivity index (χ0v) is 13.9. The van der Waals surface area contributed by atoms with E-state index in [0.29, 0.717) is 29.8 Å². The Morgan fingerprint density at radius 2 is 1.91 bits per heavy atom. The number of aliphatic imine (C=N–C) groups is 1. The van der Waals surface area contributed by atoms with E-state index in [1.165, 1.54) is 0 Å². The van der Waals surface area contributed by atoms with Gasteiger partial charge in [0.2, 0.25) is 0 Å². The molecule has 0 fully saturated rings. The smallest absolute Gasteiger partial charge is 0.162 e. The second-order valence-electron chi connectivity index (χ2n) is 4.81. The highest BCUT2D eigenvalue weighted by atomic mass is 35.5. The number of rotatable bonds is 6. The van der Waals surface area contributed by atoms with Gasteiger partial charge in [-0.1, -0.05) is 11.6 Å². The van der Waals surface area contributed by atoms with Crippen LogP contribution in [0.5, 0.6) is 11.5 Å². The number of ether oxygens (including phenoxy) is 2. The normalized spacial score (nSPS) is 10.8. The van der Waals surface area contributed by atoms with Gasteiger partial charge in [-0.2, -0.15) is 0 Å². The minimum Gasteiger partial charge on any atom is -0.493 e. The van der Waals surface area contributed by atoms with Crippen LogP contribution in [0.1, 0.15) is 21.6 Å². The number of nitrogens with zero attached hydrogens (tertiary/aromatic N) is 2. The van der Waals surface area contributed by atoms with Crippen molar-refractivity contribution in [3.8, 4) is 11.5 Å². The molecule has 0 bridgehead atoms. The number of hydrogen-bond donors (Lipinski definition) is 0. The van der Waals surface area contributed by atoms with Gasteiger partial charge in [0, 0.05) is 24.4 Å². The quantitative estimate of drug-likeness (QED) is 0.458. The Hall–Kier alpha value is -2.40. The van der Waals surface area contributed by atoms with Crippen molar-refractivity contribution in [1.29, 1.82) is 0 Å². The largest absolute Gasteiger partial charge is 0.493 e. The molecule has 1 aromatic carbocycles. The lowest BCUT2D eigenvalue weighted by Gasteiger charge is -2.10. The van der Waals surface area contributed by atoms with Gasteiger partial charge in [0.05, 0.1) is 25.5 Å². The standard InChI is InChI=1S/C17H17ClN2O3/c1-11-8-15(22-2)16(23-3)9-14(11)19-7-6-13-5-4-12(10-21)17(18)20-13/h4-5,7-10H,6H2,1-3H3. The van der Waals surface area contributed by atoms with Crippen molar-refractivity contribution >= 4 is 29.8 Å². The number of benzene rings is 1. The number of aryl methyl sites for hydroxylation is 1. The highest BCUT2D eigenvalue weighted by molar-refractivity contribution is 6.31. The van der Waals surface area contributed by atoms with Crippen LogP contribution in [0.3, 0.4) is 0 Å². The summed E-state index contributed by atoms with van der Waals surface area (Å²) in [5, 5.41) is 0.202. The number of carbonyl (C=O) groups excluding carboxylic acids is 1. The first-order valence-electron chi connectivity index (χ1n) is 6.94. The second kappa shape index (κ2) is 7.74. The molecular weight excluding hydrogens is 316 g/mol. The van der Waals surface area contributed by atoms with Crippen LogP contribution < -0.4 is 9.47 Å². The molecule has 5 nitrogen and oxygen atoms in total. The van der Waals surface area contributed by atoms with Crippen LogP contribution in [0.2, 0.25) is 5.15 Å². The molecule has 0 saturated heterocycles. The van der Waals surface area contributed by atoms with E-state index in [1.807, 2.05) is 19.1 Å². The highest BCUT2D eigenvalue weighted by Gasteiger charge is 2.07. The highest BCUT2D eigenvalue weighted by Crippen LogP contribution is 2.34. The molecule has 0 spiro atoms. The number of methoxy groups -OCH3 is 2. The molecule has 6 heteroatoms. The van der Waals surface area contributed by atoms with E-state index < -0.39 is 0 Å². The topological polar surface area (TPSA) is 60.8 Å². The van der Waals surface area contributed by atoms with Gasteiger partial charge in [-0.15, -0.1) is 0 Å². The predicted molar refractivity (Wildman–Crippen MR) is 90.8 cm³/mol. The summed E-state index contributed by atoms with van der Waals surface area (Å²) in [6, 6.07) is 7.09. The Bertz CT molecular complexity index is 745. The maximum absolute atomic E-state index is 10.7. The second-order valence-corrected chi connectivity index (χ2v) is 5.17. The van der Waals surface area contributed by atoms with Crippen LogP contribution in [-0.2, 0) is 6.42 Å². The van der Waals surface area contributed by atoms with E-state index in [2.05, 4.69) is 9.98 Å². The van der Waals surface area contributed by atoms with Crippen LogP contribution in [0.4, 0.5) is 5.69 Å². The Morgan fingerprint density at radius 3 is 2.52 bits per heavy atom. The third kappa shape index (κ3) is 4.07. The number of hydrogen-bond acceptors (Lipinski definition) is 5. The van der Waals surface area contributed by atoms with Crippen LogP contribution >= 0.6 is 11.6 Å². The Labute approximate surface area is 139 Å². The molecule has 1 heterocycles. The maximum atomic E-state index is 10.7. The maximum Gasteiger partial charge on any atom is 0.162 e. The van der Waals surface area contributed by atoms with Crippen molar-refractivity contribution in [2.24, 2.45) is 4.99 Å². The number of halogens is 1. The Balaban J connectivity index is 2.17. The van der Waals surface area contributed by atoms with Crippen molar-refractivity contribution in [2.75, 3.05) is 14.2 Å². The van der Waals surface area contributed by atoms with Crippen molar-refractivity contribution in [3.05, 3.63) is 46.2 Å². The van der Waals surface area contributed by atoms with Crippen molar-refractivity contribution in [3.63, 3.8) is 0 Å². The molecule has 2 rings (SSSR count). The van der Waals surface area contributed by atoms with Gasteiger partial charge in [0.15, 0.2) is 17.8 Å². The molecular formula is C17H17ClN2O3. The summed E-state index contributed by atoms with van der Waals surface area (Å²) in [6.07, 6.45) is 2.93. The van der Waals surface area contributed by atoms with Crippen molar-refractivity contribution < 1.29 is 14.3 Å². The molecule has 0 unspecified atom stereocenters. The fourth-order valence-corrected chi connectivity index (χ4v) is 2.25. The molecule has 0 radical (unpaired) electrons. The molecule has 0 atom stereocenters. The predicted octanol–water partition coefficient (Wildman–Crippen LogP) is 3.82. The third-order valence-corrected chi connectivity index (χ3v) is 3.60. The zero-order valence-electron chi connectivity index (χ0n) is 13.2. The van der Waals surface area contributed by atoms with Crippen LogP contribution in [0, 0.1) is 6.92 Å². The molecule has 0 aliphatic rings. The van der Waals surface area contributed by atoms with Gasteiger partial charge < -0.3 is 9.47 Å². The van der Waals surface area contributed by atoms with E-state index in [1.54, 1.807) is 32.6 Å². The minimum absolute atomic E-state index is 0.202. The monoisotopic (exact) mass is 332 g/mol. The average Bonchev–Trinajstić information content (AvgIpc) is 2.56. The molecule has 0 amide bonds. The number of aldehydes is 1. The molecule has 120 valence electrons. The van der Waals surface area contributed by atoms with Gasteiger partial charge in [-0.3, -0.25) is 9.79 Å². The van der Waals surface area contributed by atoms with Crippen LogP contribution in [0.25, 0.3) is 0 Å². The average molecular weight is 333 g/mol. The Morgan fingerprint density at radius 1 is 1.22 bits per heavy atom. The number of aromatic nitrogens is 1. The van der Waals surface area contributed by atoms with Gasteiger partial charge in [-0.25, -0.2) is 4.98 Å². The number of pyridine rings is 1. The molecule has 0 aliphatic heterocycles. The first kappa shape index (κ1) is 17.0. The van der Waals surface area contributed by atoms with E-state index in [9.17, 15) is 4.79 Å². The lowest BCUT2D eigenvalue weighted by molar-refractivity contribution is 0.112. The van der Waals surface area contributed by atoms with Gasteiger partial charge in [-0.05, 0) is 30.7 Å². The van der Waals surface area contributed by atoms with E-state index in [0.717, 1.165) is 16.9 Å². The molecule has 0 saturated carbocycles. The van der Waals surface area contributed by atoms with E-state index >= 15 is 0 Å². The van der Waals surface area contributed by atoms with Gasteiger partial charge >= 0.3 is 0 Å². The van der Waals surface area contributed by atoms with Crippen LogP contribution in [-0.4, -0.2) is 31.7 Å². The summed E-state index contributed by atoms with van der Waals surface area (Å²) in [4.78, 5) is 19.3. The molecule has 0 aliphatic carbocycles. The van der Waals surface area contributed by atoms with Crippen molar-refractivity contribution in [2.45, 2.75) is 13.3 Å². The summed E-state index contributed by atoms with van der Waals surface area (Å²) in [5.74, 6) is 1.30. The molecule has 2 aromatic rings. The third-order valence-electron chi connectivity index (χ3n) is 3.30. The summed E-state index contributed by atoms with van der Waals surface area (Å²) in [7, 11) is 3.18. The fraction of sp³-hybridized carbons (Fsp3) is 0.235. The van der Waals surface area contributed by atoms with Gasteiger partial charge in [0.1, 0.15) is 5.15 Å². The Kier molecular flexibility index (Phi) is 5.71. The lowest BCUT2D eigenvalue weighted by atomic mass is 10.2. The first-order valence-corrected chi connectivity index (χ1v) is 7.32. The summed E-state index contributed by atoms with van der Waals surface area (Å²) < 4.78 is 10.5. The van der Waals surface area contributed by atoms with Crippen molar-refractivity contribution in [1.82, 2.24) is 4.98 Å². The van der Waals surface area contributed by atoms with Crippen LogP contribution in [0.15, 0.2) is 29.3 Å². The SMILES string of the molecule is COc1cc(C)c(N=CCc2ccc(C=O)c(Cl)n2)cc1OC. The summed E-state index contributed by atoms with van der Waals surface area (Å²) in [5.41, 5.74) is 2.88. The first-order chi connectivity index (χ1) is 11.1. The number of carbonyl (C=O) groups is 1. The molecule has 23 heavy (non-hydrogen) atoms.